The summed E-state index contributed by atoms with van der Waals surface area (Å²) >= 11 is 0. The van der Waals surface area contributed by atoms with Gasteiger partial charge in [0, 0.05) is 53.5 Å². The minimum Gasteiger partial charge on any atom is -0.357 e. The number of guanidine groups is 1. The second-order valence-electron chi connectivity index (χ2n) is 7.97. The van der Waals surface area contributed by atoms with Gasteiger partial charge in [0.05, 0.1) is 13.1 Å². The van der Waals surface area contributed by atoms with E-state index in [9.17, 15) is 9.00 Å². The van der Waals surface area contributed by atoms with E-state index in [1.165, 1.54) is 0 Å². The molecule has 1 atom stereocenters. The zero-order valence-electron chi connectivity index (χ0n) is 17.8. The first kappa shape index (κ1) is 23.9. The second-order valence-corrected chi connectivity index (χ2v) is 10.3. The molecule has 0 aromatic rings. The Labute approximate surface area is 167 Å². The Morgan fingerprint density at radius 2 is 1.85 bits per heavy atom. The van der Waals surface area contributed by atoms with Gasteiger partial charge in [0.1, 0.15) is 0 Å². The maximum absolute atomic E-state index is 12.1. The topological polar surface area (TPSA) is 85.8 Å². The van der Waals surface area contributed by atoms with Gasteiger partial charge in [-0.05, 0) is 47.0 Å². The van der Waals surface area contributed by atoms with Gasteiger partial charge in [-0.15, -0.1) is 0 Å². The third-order valence-corrected chi connectivity index (χ3v) is 6.36. The van der Waals surface area contributed by atoms with Gasteiger partial charge < -0.3 is 16.0 Å². The third-order valence-electron chi connectivity index (χ3n) is 4.44. The first-order valence-corrected chi connectivity index (χ1v) is 11.5. The predicted octanol–water partition coefficient (Wildman–Crippen LogP) is 1.08. The van der Waals surface area contributed by atoms with Crippen molar-refractivity contribution in [2.24, 2.45) is 4.99 Å². The van der Waals surface area contributed by atoms with Crippen molar-refractivity contribution in [2.75, 3.05) is 45.0 Å². The van der Waals surface area contributed by atoms with Crippen molar-refractivity contribution in [3.8, 4) is 0 Å². The van der Waals surface area contributed by atoms with E-state index in [0.29, 0.717) is 24.9 Å². The van der Waals surface area contributed by atoms with E-state index in [1.54, 1.807) is 0 Å². The smallest absolute Gasteiger partial charge is 0.234 e. The van der Waals surface area contributed by atoms with Gasteiger partial charge in [-0.3, -0.25) is 18.9 Å². The van der Waals surface area contributed by atoms with Crippen LogP contribution in [0.1, 0.15) is 53.9 Å². The van der Waals surface area contributed by atoms with Crippen LogP contribution in [-0.2, 0) is 15.6 Å². The predicted molar refractivity (Wildman–Crippen MR) is 115 cm³/mol. The molecule has 0 radical (unpaired) electrons. The van der Waals surface area contributed by atoms with Gasteiger partial charge in [0.25, 0.3) is 0 Å². The highest BCUT2D eigenvalue weighted by Gasteiger charge is 2.22. The summed E-state index contributed by atoms with van der Waals surface area (Å²) in [5.41, 5.74) is 0. The lowest BCUT2D eigenvalue weighted by atomic mass is 10.1. The molecule has 1 rings (SSSR count). The minimum atomic E-state index is -0.885. The number of carbonyl (C=O) groups is 1. The van der Waals surface area contributed by atoms with Crippen LogP contribution in [0.5, 0.6) is 0 Å². The molecule has 0 aromatic heterocycles. The molecule has 1 saturated heterocycles. The summed E-state index contributed by atoms with van der Waals surface area (Å²) in [5, 5.41) is 9.69. The first-order chi connectivity index (χ1) is 12.8. The van der Waals surface area contributed by atoms with E-state index in [0.717, 1.165) is 51.4 Å². The quantitative estimate of drug-likeness (QED) is 0.398. The number of hydrogen-bond acceptors (Lipinski definition) is 4. The molecule has 7 nitrogen and oxygen atoms in total. The average molecular weight is 402 g/mol. The highest BCUT2D eigenvalue weighted by atomic mass is 32.2. The van der Waals surface area contributed by atoms with E-state index >= 15 is 0 Å². The summed E-state index contributed by atoms with van der Waals surface area (Å²) in [5.74, 6) is 1.48. The lowest BCUT2D eigenvalue weighted by Crippen LogP contribution is -2.50. The molecule has 1 fully saturated rings. The number of amides is 1. The first-order valence-electron chi connectivity index (χ1n) is 10.2. The van der Waals surface area contributed by atoms with Gasteiger partial charge in [0.2, 0.25) is 5.91 Å². The molecule has 1 aliphatic heterocycles. The van der Waals surface area contributed by atoms with Gasteiger partial charge in [-0.1, -0.05) is 6.92 Å². The van der Waals surface area contributed by atoms with E-state index in [-0.39, 0.29) is 10.7 Å². The molecule has 0 saturated carbocycles. The molecule has 27 heavy (non-hydrogen) atoms. The second kappa shape index (κ2) is 12.3. The van der Waals surface area contributed by atoms with Crippen molar-refractivity contribution in [1.82, 2.24) is 20.9 Å². The van der Waals surface area contributed by atoms with E-state index < -0.39 is 10.8 Å². The Hall–Kier alpha value is -1.15. The van der Waals surface area contributed by atoms with Crippen LogP contribution < -0.4 is 16.0 Å². The SMILES string of the molecule is CCCNC(=O)CN1CCC(NC(=NCCS(=O)C(C)(C)C)NCC)CC1. The number of nitrogens with zero attached hydrogens (tertiary/aromatic N) is 2. The summed E-state index contributed by atoms with van der Waals surface area (Å²) < 4.78 is 11.9. The standard InChI is InChI=1S/C19H39N5O2S/c1-6-10-21-17(25)15-24-12-8-16(9-13-24)23-18(20-7-2)22-11-14-27(26)19(3,4)5/h16H,6-15H2,1-5H3,(H,21,25)(H2,20,22,23). The number of piperidine rings is 1. The van der Waals surface area contributed by atoms with Crippen molar-refractivity contribution in [3.05, 3.63) is 0 Å². The van der Waals surface area contributed by atoms with Crippen molar-refractivity contribution >= 4 is 22.7 Å². The zero-order valence-corrected chi connectivity index (χ0v) is 18.6. The molecule has 1 amide bonds. The summed E-state index contributed by atoms with van der Waals surface area (Å²) in [6, 6.07) is 0.353. The van der Waals surface area contributed by atoms with Crippen LogP contribution in [0.15, 0.2) is 4.99 Å². The monoisotopic (exact) mass is 401 g/mol. The molecular formula is C19H39N5O2S. The largest absolute Gasteiger partial charge is 0.357 e. The van der Waals surface area contributed by atoms with Crippen LogP contribution >= 0.6 is 0 Å². The van der Waals surface area contributed by atoms with Crippen molar-refractivity contribution in [2.45, 2.75) is 64.7 Å². The molecule has 158 valence electrons. The Morgan fingerprint density at radius 3 is 2.41 bits per heavy atom. The average Bonchev–Trinajstić information content (AvgIpc) is 2.60. The summed E-state index contributed by atoms with van der Waals surface area (Å²) in [6.45, 7) is 14.5. The summed E-state index contributed by atoms with van der Waals surface area (Å²) in [7, 11) is -0.885. The Kier molecular flexibility index (Phi) is 10.9. The molecule has 0 spiro atoms. The van der Waals surface area contributed by atoms with Crippen molar-refractivity contribution in [1.29, 1.82) is 0 Å². The normalized spacial score (nSPS) is 18.2. The van der Waals surface area contributed by atoms with Crippen molar-refractivity contribution < 1.29 is 9.00 Å². The van der Waals surface area contributed by atoms with Crippen molar-refractivity contribution in [3.63, 3.8) is 0 Å². The molecule has 1 heterocycles. The maximum atomic E-state index is 12.1. The van der Waals surface area contributed by atoms with Crippen LogP contribution in [0, 0.1) is 0 Å². The Bertz CT molecular complexity index is 497. The van der Waals surface area contributed by atoms with E-state index in [4.69, 9.17) is 0 Å². The molecule has 0 aromatic carbocycles. The number of nitrogens with one attached hydrogen (secondary N) is 3. The minimum absolute atomic E-state index is 0.116. The Morgan fingerprint density at radius 1 is 1.19 bits per heavy atom. The van der Waals surface area contributed by atoms with Crippen LogP contribution in [0.25, 0.3) is 0 Å². The number of hydrogen-bond donors (Lipinski definition) is 3. The van der Waals surface area contributed by atoms with Gasteiger partial charge in [-0.2, -0.15) is 0 Å². The zero-order chi connectivity index (χ0) is 20.3. The maximum Gasteiger partial charge on any atom is 0.234 e. The lowest BCUT2D eigenvalue weighted by Gasteiger charge is -2.32. The van der Waals surface area contributed by atoms with Crippen LogP contribution in [0.4, 0.5) is 0 Å². The van der Waals surface area contributed by atoms with E-state index in [1.807, 2.05) is 27.7 Å². The fraction of sp³-hybridized carbons (Fsp3) is 0.895. The molecule has 1 unspecified atom stereocenters. The highest BCUT2D eigenvalue weighted by molar-refractivity contribution is 7.86. The number of aliphatic imine (C=N–C) groups is 1. The molecule has 1 aliphatic rings. The van der Waals surface area contributed by atoms with Gasteiger partial charge >= 0.3 is 0 Å². The number of rotatable bonds is 9. The third kappa shape index (κ3) is 10.1. The molecule has 0 bridgehead atoms. The fourth-order valence-corrected chi connectivity index (χ4v) is 3.69. The highest BCUT2D eigenvalue weighted by Crippen LogP contribution is 2.11. The summed E-state index contributed by atoms with van der Waals surface area (Å²) in [4.78, 5) is 18.6. The molecule has 0 aliphatic carbocycles. The Balaban J connectivity index is 2.40. The summed E-state index contributed by atoms with van der Waals surface area (Å²) in [6.07, 6.45) is 2.94. The molecule has 3 N–H and O–H groups in total. The van der Waals surface area contributed by atoms with E-state index in [2.05, 4.69) is 32.8 Å². The fourth-order valence-electron chi connectivity index (χ4n) is 2.82. The van der Waals surface area contributed by atoms with Gasteiger partial charge in [0.15, 0.2) is 5.96 Å². The lowest BCUT2D eigenvalue weighted by molar-refractivity contribution is -0.122. The van der Waals surface area contributed by atoms with Crippen LogP contribution in [-0.4, -0.2) is 76.8 Å². The van der Waals surface area contributed by atoms with Gasteiger partial charge in [-0.25, -0.2) is 0 Å². The number of carbonyl (C=O) groups excluding carboxylic acids is 1. The van der Waals surface area contributed by atoms with Crippen LogP contribution in [0.3, 0.4) is 0 Å². The number of likely N-dealkylation sites (tertiary alicyclic amines) is 1. The molecule has 8 heteroatoms. The molecular weight excluding hydrogens is 362 g/mol. The van der Waals surface area contributed by atoms with Crippen LogP contribution in [0.2, 0.25) is 0 Å².